The second kappa shape index (κ2) is 6.69. The average Bonchev–Trinajstić information content (AvgIpc) is 3.35. The monoisotopic (exact) mass is 390 g/mol. The Bertz CT molecular complexity index is 1120. The third kappa shape index (κ3) is 2.97. The first kappa shape index (κ1) is 17.8. The summed E-state index contributed by atoms with van der Waals surface area (Å²) in [7, 11) is 0. The minimum Gasteiger partial charge on any atom is -0.355 e. The lowest BCUT2D eigenvalue weighted by Crippen LogP contribution is -2.45. The number of piperidine rings is 1. The number of fused-ring (bicyclic) bond motifs is 2. The van der Waals surface area contributed by atoms with E-state index >= 15 is 0 Å². The van der Waals surface area contributed by atoms with Gasteiger partial charge in [-0.05, 0) is 32.6 Å². The van der Waals surface area contributed by atoms with Gasteiger partial charge in [0.1, 0.15) is 5.82 Å². The zero-order valence-electron chi connectivity index (χ0n) is 16.3. The number of hydrogen-bond acceptors (Lipinski definition) is 5. The zero-order chi connectivity index (χ0) is 20.0. The molecule has 29 heavy (non-hydrogen) atoms. The molecule has 3 heterocycles. The summed E-state index contributed by atoms with van der Waals surface area (Å²) in [4.78, 5) is 34.5. The molecule has 1 N–H and O–H groups in total. The SMILES string of the molecule is Cc1nc2c(c(=O)[nH]1)CCC21CCN(C(=O)c2cc(-c3ccccc3)on2)CC1. The topological polar surface area (TPSA) is 92.1 Å². The lowest BCUT2D eigenvalue weighted by molar-refractivity contribution is 0.0653. The standard InChI is InChI=1S/C22H22N4O3/c1-14-23-19-16(20(27)24-14)7-8-22(19)9-11-26(12-10-22)21(28)17-13-18(29-25-17)15-5-3-2-4-6-15/h2-6,13H,7-12H2,1H3,(H,23,24,27). The Morgan fingerprint density at radius 2 is 1.93 bits per heavy atom. The number of carbonyl (C=O) groups is 1. The van der Waals surface area contributed by atoms with Gasteiger partial charge in [0, 0.05) is 35.7 Å². The van der Waals surface area contributed by atoms with Gasteiger partial charge in [-0.1, -0.05) is 35.5 Å². The number of nitrogens with zero attached hydrogens (tertiary/aromatic N) is 3. The van der Waals surface area contributed by atoms with Gasteiger partial charge in [0.05, 0.1) is 5.69 Å². The molecular formula is C22H22N4O3. The van der Waals surface area contributed by atoms with Crippen LogP contribution in [-0.2, 0) is 11.8 Å². The molecule has 1 aromatic carbocycles. The Morgan fingerprint density at radius 3 is 2.69 bits per heavy atom. The average molecular weight is 390 g/mol. The summed E-state index contributed by atoms with van der Waals surface area (Å²) in [6.45, 7) is 3.07. The van der Waals surface area contributed by atoms with Crippen molar-refractivity contribution in [1.29, 1.82) is 0 Å². The Balaban J connectivity index is 1.33. The third-order valence-electron chi connectivity index (χ3n) is 6.29. The van der Waals surface area contributed by atoms with E-state index in [-0.39, 0.29) is 16.9 Å². The van der Waals surface area contributed by atoms with Crippen LogP contribution in [0.4, 0.5) is 0 Å². The van der Waals surface area contributed by atoms with Crippen LogP contribution in [0.5, 0.6) is 0 Å². The smallest absolute Gasteiger partial charge is 0.276 e. The van der Waals surface area contributed by atoms with Crippen LogP contribution < -0.4 is 5.56 Å². The van der Waals surface area contributed by atoms with Crippen LogP contribution in [0.3, 0.4) is 0 Å². The molecule has 3 aromatic rings. The quantitative estimate of drug-likeness (QED) is 0.726. The van der Waals surface area contributed by atoms with Crippen molar-refractivity contribution in [2.75, 3.05) is 13.1 Å². The normalized spacial score (nSPS) is 17.5. The van der Waals surface area contributed by atoms with Gasteiger partial charge in [-0.2, -0.15) is 0 Å². The van der Waals surface area contributed by atoms with Gasteiger partial charge in [-0.25, -0.2) is 4.98 Å². The molecule has 7 heteroatoms. The molecule has 1 saturated heterocycles. The maximum atomic E-state index is 12.9. The second-order valence-electron chi connectivity index (χ2n) is 7.99. The van der Waals surface area contributed by atoms with Crippen LogP contribution in [-0.4, -0.2) is 39.0 Å². The summed E-state index contributed by atoms with van der Waals surface area (Å²) in [5, 5.41) is 3.99. The molecule has 2 aliphatic rings. The fourth-order valence-corrected chi connectivity index (χ4v) is 4.66. The van der Waals surface area contributed by atoms with Crippen molar-refractivity contribution in [2.45, 2.75) is 38.0 Å². The van der Waals surface area contributed by atoms with Crippen LogP contribution in [0.15, 0.2) is 45.7 Å². The van der Waals surface area contributed by atoms with E-state index in [2.05, 4.69) is 15.1 Å². The van der Waals surface area contributed by atoms with E-state index in [1.165, 1.54) is 0 Å². The van der Waals surface area contributed by atoms with E-state index in [1.54, 1.807) is 6.07 Å². The van der Waals surface area contributed by atoms with Crippen molar-refractivity contribution in [1.82, 2.24) is 20.0 Å². The zero-order valence-corrected chi connectivity index (χ0v) is 16.3. The van der Waals surface area contributed by atoms with Gasteiger partial charge in [-0.3, -0.25) is 9.59 Å². The number of H-pyrrole nitrogens is 1. The molecule has 1 aliphatic heterocycles. The van der Waals surface area contributed by atoms with Crippen molar-refractivity contribution < 1.29 is 9.32 Å². The lowest BCUT2D eigenvalue weighted by Gasteiger charge is -2.39. The van der Waals surface area contributed by atoms with Crippen molar-refractivity contribution in [3.8, 4) is 11.3 Å². The number of aromatic nitrogens is 3. The molecule has 2 aromatic heterocycles. The number of rotatable bonds is 2. The van der Waals surface area contributed by atoms with Gasteiger partial charge in [0.25, 0.3) is 11.5 Å². The fraction of sp³-hybridized carbons (Fsp3) is 0.364. The second-order valence-corrected chi connectivity index (χ2v) is 7.99. The maximum Gasteiger partial charge on any atom is 0.276 e. The molecule has 0 atom stereocenters. The van der Waals surface area contributed by atoms with Crippen molar-refractivity contribution >= 4 is 5.91 Å². The molecule has 0 saturated carbocycles. The van der Waals surface area contributed by atoms with E-state index in [1.807, 2.05) is 42.2 Å². The van der Waals surface area contributed by atoms with Crippen LogP contribution in [0.25, 0.3) is 11.3 Å². The van der Waals surface area contributed by atoms with Crippen molar-refractivity contribution in [3.63, 3.8) is 0 Å². The predicted molar refractivity (Wildman–Crippen MR) is 107 cm³/mol. The van der Waals surface area contributed by atoms with Gasteiger partial charge < -0.3 is 14.4 Å². The number of aromatic amines is 1. The van der Waals surface area contributed by atoms with Gasteiger partial charge in [0.15, 0.2) is 11.5 Å². The number of benzene rings is 1. The molecule has 1 fully saturated rings. The molecule has 5 rings (SSSR count). The number of carbonyl (C=O) groups excluding carboxylic acids is 1. The summed E-state index contributed by atoms with van der Waals surface area (Å²) in [5.74, 6) is 1.13. The Morgan fingerprint density at radius 1 is 1.17 bits per heavy atom. The molecule has 1 amide bonds. The Hall–Kier alpha value is -3.22. The predicted octanol–water partition coefficient (Wildman–Crippen LogP) is 2.85. The third-order valence-corrected chi connectivity index (χ3v) is 6.29. The van der Waals surface area contributed by atoms with Crippen LogP contribution in [0.1, 0.15) is 46.8 Å². The first-order valence-electron chi connectivity index (χ1n) is 9.97. The summed E-state index contributed by atoms with van der Waals surface area (Å²) in [5.41, 5.74) is 2.88. The molecule has 0 radical (unpaired) electrons. The minimum absolute atomic E-state index is 0.0149. The first-order valence-corrected chi connectivity index (χ1v) is 9.97. The van der Waals surface area contributed by atoms with Gasteiger partial charge in [0.2, 0.25) is 0 Å². The number of likely N-dealkylation sites (tertiary alicyclic amines) is 1. The Labute approximate surface area is 167 Å². The van der Waals surface area contributed by atoms with E-state index in [9.17, 15) is 9.59 Å². The van der Waals surface area contributed by atoms with Gasteiger partial charge >= 0.3 is 0 Å². The van der Waals surface area contributed by atoms with Crippen molar-refractivity contribution in [2.24, 2.45) is 0 Å². The van der Waals surface area contributed by atoms with Crippen molar-refractivity contribution in [3.05, 3.63) is 69.5 Å². The minimum atomic E-state index is -0.112. The van der Waals surface area contributed by atoms with E-state index in [0.29, 0.717) is 30.4 Å². The molecular weight excluding hydrogens is 368 g/mol. The summed E-state index contributed by atoms with van der Waals surface area (Å²) >= 11 is 0. The van der Waals surface area contributed by atoms with Gasteiger partial charge in [-0.15, -0.1) is 0 Å². The number of aryl methyl sites for hydroxylation is 1. The first-order chi connectivity index (χ1) is 14.1. The highest BCUT2D eigenvalue weighted by Gasteiger charge is 2.44. The molecule has 0 bridgehead atoms. The molecule has 7 nitrogen and oxygen atoms in total. The largest absolute Gasteiger partial charge is 0.355 e. The van der Waals surface area contributed by atoms with E-state index in [4.69, 9.17) is 4.52 Å². The fourth-order valence-electron chi connectivity index (χ4n) is 4.66. The number of nitrogens with one attached hydrogen (secondary N) is 1. The number of amides is 1. The highest BCUT2D eigenvalue weighted by atomic mass is 16.5. The molecule has 1 aliphatic carbocycles. The summed E-state index contributed by atoms with van der Waals surface area (Å²) in [6.07, 6.45) is 3.30. The highest BCUT2D eigenvalue weighted by Crippen LogP contribution is 2.44. The molecule has 1 spiro atoms. The molecule has 0 unspecified atom stereocenters. The summed E-state index contributed by atoms with van der Waals surface area (Å²) < 4.78 is 5.38. The number of hydrogen-bond donors (Lipinski definition) is 1. The maximum absolute atomic E-state index is 12.9. The summed E-state index contributed by atoms with van der Waals surface area (Å²) in [6, 6.07) is 11.3. The highest BCUT2D eigenvalue weighted by molar-refractivity contribution is 5.93. The lowest BCUT2D eigenvalue weighted by atomic mass is 9.76. The van der Waals surface area contributed by atoms with Crippen LogP contribution >= 0.6 is 0 Å². The van der Waals surface area contributed by atoms with Crippen LogP contribution in [0.2, 0.25) is 0 Å². The Kier molecular flexibility index (Phi) is 4.12. The molecule has 148 valence electrons. The van der Waals surface area contributed by atoms with E-state index < -0.39 is 0 Å². The van der Waals surface area contributed by atoms with Crippen LogP contribution in [0, 0.1) is 6.92 Å². The van der Waals surface area contributed by atoms with E-state index in [0.717, 1.165) is 42.5 Å².